The Hall–Kier alpha value is -1.39. The summed E-state index contributed by atoms with van der Waals surface area (Å²) in [4.78, 5) is 5.39. The quantitative estimate of drug-likeness (QED) is 0.859. The van der Waals surface area contributed by atoms with E-state index in [1.807, 2.05) is 19.1 Å². The van der Waals surface area contributed by atoms with E-state index in [1.54, 1.807) is 29.7 Å². The Morgan fingerprint density at radius 1 is 1.31 bits per heavy atom. The van der Waals surface area contributed by atoms with Crippen molar-refractivity contribution in [2.45, 2.75) is 12.8 Å². The second-order valence-corrected chi connectivity index (χ2v) is 4.76. The summed E-state index contributed by atoms with van der Waals surface area (Å²) in [6.45, 7) is 2.10. The Bertz CT molecular complexity index is 464. The summed E-state index contributed by atoms with van der Waals surface area (Å²) >= 11 is 1.57. The summed E-state index contributed by atoms with van der Waals surface area (Å²) in [6.07, 6.45) is 1.80. The minimum Gasteiger partial charge on any atom is -0.508 e. The van der Waals surface area contributed by atoms with Gasteiger partial charge in [-0.2, -0.15) is 0 Å². The second kappa shape index (κ2) is 4.63. The van der Waals surface area contributed by atoms with Gasteiger partial charge in [0.25, 0.3) is 0 Å². The first-order valence-corrected chi connectivity index (χ1v) is 5.88. The number of phenols is 1. The van der Waals surface area contributed by atoms with E-state index in [1.165, 1.54) is 0 Å². The van der Waals surface area contributed by atoms with Crippen LogP contribution in [0, 0.1) is 0 Å². The molecular formula is C12H13NO2S. The van der Waals surface area contributed by atoms with Gasteiger partial charge in [-0.1, -0.05) is 6.92 Å². The summed E-state index contributed by atoms with van der Waals surface area (Å²) in [5.41, 5.74) is 0.985. The molecule has 3 nitrogen and oxygen atoms in total. The van der Waals surface area contributed by atoms with Crippen LogP contribution in [0.5, 0.6) is 5.75 Å². The molecular weight excluding hydrogens is 222 g/mol. The van der Waals surface area contributed by atoms with E-state index in [4.69, 9.17) is 5.11 Å². The van der Waals surface area contributed by atoms with Crippen LogP contribution in [0.4, 0.5) is 0 Å². The van der Waals surface area contributed by atoms with Crippen molar-refractivity contribution in [3.63, 3.8) is 0 Å². The highest BCUT2D eigenvalue weighted by Crippen LogP contribution is 2.30. The first kappa shape index (κ1) is 11.1. The Balaban J connectivity index is 2.28. The lowest BCUT2D eigenvalue weighted by Crippen LogP contribution is -1.94. The Kier molecular flexibility index (Phi) is 3.22. The maximum atomic E-state index is 9.19. The van der Waals surface area contributed by atoms with E-state index in [2.05, 4.69) is 4.98 Å². The number of aromatic hydroxyl groups is 1. The highest BCUT2D eigenvalue weighted by Gasteiger charge is 2.09. The van der Waals surface area contributed by atoms with Gasteiger partial charge in [0.05, 0.1) is 6.61 Å². The lowest BCUT2D eigenvalue weighted by atomic mass is 10.2. The molecule has 4 heteroatoms. The van der Waals surface area contributed by atoms with Crippen LogP contribution in [0.15, 0.2) is 30.5 Å². The summed E-state index contributed by atoms with van der Waals surface area (Å²) in [6, 6.07) is 6.96. The summed E-state index contributed by atoms with van der Waals surface area (Å²) in [5.74, 6) is 0.382. The number of hydrogen-bond donors (Lipinski definition) is 2. The molecule has 2 rings (SSSR count). The topological polar surface area (TPSA) is 53.4 Å². The van der Waals surface area contributed by atoms with Crippen molar-refractivity contribution >= 4 is 11.3 Å². The van der Waals surface area contributed by atoms with Gasteiger partial charge in [-0.3, -0.25) is 0 Å². The third kappa shape index (κ3) is 2.23. The van der Waals surface area contributed by atoms with Crippen molar-refractivity contribution in [3.8, 4) is 16.3 Å². The van der Waals surface area contributed by atoms with Crippen LogP contribution in [0.25, 0.3) is 10.6 Å². The van der Waals surface area contributed by atoms with Gasteiger partial charge in [0, 0.05) is 22.6 Å². The van der Waals surface area contributed by atoms with E-state index < -0.39 is 0 Å². The van der Waals surface area contributed by atoms with E-state index in [0.717, 1.165) is 15.4 Å². The van der Waals surface area contributed by atoms with E-state index in [0.29, 0.717) is 0 Å². The predicted molar refractivity (Wildman–Crippen MR) is 64.7 cm³/mol. The third-order valence-electron chi connectivity index (χ3n) is 2.40. The number of nitrogens with zero attached hydrogens (tertiary/aromatic N) is 1. The van der Waals surface area contributed by atoms with Crippen molar-refractivity contribution in [2.75, 3.05) is 6.61 Å². The minimum absolute atomic E-state index is 0.128. The third-order valence-corrected chi connectivity index (χ3v) is 3.68. The first-order chi connectivity index (χ1) is 7.70. The Labute approximate surface area is 98.0 Å². The average molecular weight is 235 g/mol. The summed E-state index contributed by atoms with van der Waals surface area (Å²) in [5, 5.41) is 19.1. The van der Waals surface area contributed by atoms with Crippen LogP contribution < -0.4 is 0 Å². The molecule has 0 saturated heterocycles. The number of aliphatic hydroxyl groups is 1. The standard InChI is InChI=1S/C12H13NO2S/c1-8(7-14)11-6-13-12(16-11)9-2-4-10(15)5-3-9/h2-6,8,14-15H,7H2,1H3. The zero-order valence-corrected chi connectivity index (χ0v) is 9.74. The fourth-order valence-corrected chi connectivity index (χ4v) is 2.31. The molecule has 2 aromatic rings. The number of hydrogen-bond acceptors (Lipinski definition) is 4. The largest absolute Gasteiger partial charge is 0.508 e. The molecule has 0 saturated carbocycles. The van der Waals surface area contributed by atoms with Crippen molar-refractivity contribution in [2.24, 2.45) is 0 Å². The van der Waals surface area contributed by atoms with Crippen molar-refractivity contribution in [1.29, 1.82) is 0 Å². The number of aromatic nitrogens is 1. The SMILES string of the molecule is CC(CO)c1cnc(-c2ccc(O)cc2)s1. The van der Waals surface area contributed by atoms with Crippen LogP contribution in [-0.2, 0) is 0 Å². The smallest absolute Gasteiger partial charge is 0.123 e. The van der Waals surface area contributed by atoms with Gasteiger partial charge < -0.3 is 10.2 Å². The van der Waals surface area contributed by atoms with Crippen LogP contribution in [0.2, 0.25) is 0 Å². The van der Waals surface area contributed by atoms with Crippen LogP contribution in [0.1, 0.15) is 17.7 Å². The van der Waals surface area contributed by atoms with Crippen molar-refractivity contribution in [1.82, 2.24) is 4.98 Å². The zero-order chi connectivity index (χ0) is 11.5. The molecule has 0 fully saturated rings. The maximum absolute atomic E-state index is 9.19. The van der Waals surface area contributed by atoms with Gasteiger partial charge in [-0.05, 0) is 24.3 Å². The molecule has 0 aliphatic heterocycles. The minimum atomic E-state index is 0.128. The molecule has 16 heavy (non-hydrogen) atoms. The van der Waals surface area contributed by atoms with E-state index >= 15 is 0 Å². The highest BCUT2D eigenvalue weighted by atomic mass is 32.1. The Morgan fingerprint density at radius 3 is 2.62 bits per heavy atom. The molecule has 1 aromatic carbocycles. The Morgan fingerprint density at radius 2 is 2.00 bits per heavy atom. The molecule has 1 atom stereocenters. The number of phenolic OH excluding ortho intramolecular Hbond substituents is 1. The molecule has 0 bridgehead atoms. The molecule has 1 unspecified atom stereocenters. The maximum Gasteiger partial charge on any atom is 0.123 e. The van der Waals surface area contributed by atoms with Gasteiger partial charge in [-0.15, -0.1) is 11.3 Å². The molecule has 84 valence electrons. The molecule has 0 radical (unpaired) electrons. The second-order valence-electron chi connectivity index (χ2n) is 3.70. The lowest BCUT2D eigenvalue weighted by Gasteiger charge is -2.01. The molecule has 1 aromatic heterocycles. The van der Waals surface area contributed by atoms with Crippen molar-refractivity contribution < 1.29 is 10.2 Å². The normalized spacial score (nSPS) is 12.6. The fourth-order valence-electron chi connectivity index (χ4n) is 1.34. The van der Waals surface area contributed by atoms with Crippen LogP contribution in [-0.4, -0.2) is 21.8 Å². The lowest BCUT2D eigenvalue weighted by molar-refractivity contribution is 0.274. The first-order valence-electron chi connectivity index (χ1n) is 5.06. The molecule has 0 aliphatic carbocycles. The highest BCUT2D eigenvalue weighted by molar-refractivity contribution is 7.15. The number of benzene rings is 1. The molecule has 0 amide bonds. The van der Waals surface area contributed by atoms with E-state index in [-0.39, 0.29) is 18.3 Å². The number of thiazole rings is 1. The van der Waals surface area contributed by atoms with Crippen LogP contribution >= 0.6 is 11.3 Å². The number of rotatable bonds is 3. The zero-order valence-electron chi connectivity index (χ0n) is 8.92. The van der Waals surface area contributed by atoms with Gasteiger partial charge in [0.2, 0.25) is 0 Å². The molecule has 0 spiro atoms. The van der Waals surface area contributed by atoms with Gasteiger partial charge in [0.1, 0.15) is 10.8 Å². The molecule has 0 aliphatic rings. The van der Waals surface area contributed by atoms with Crippen molar-refractivity contribution in [3.05, 3.63) is 35.3 Å². The number of aliphatic hydroxyl groups excluding tert-OH is 1. The summed E-state index contributed by atoms with van der Waals surface area (Å²) in [7, 11) is 0. The summed E-state index contributed by atoms with van der Waals surface area (Å²) < 4.78 is 0. The van der Waals surface area contributed by atoms with E-state index in [9.17, 15) is 5.11 Å². The average Bonchev–Trinajstić information content (AvgIpc) is 2.78. The van der Waals surface area contributed by atoms with Gasteiger partial charge in [0.15, 0.2) is 0 Å². The van der Waals surface area contributed by atoms with Gasteiger partial charge >= 0.3 is 0 Å². The predicted octanol–water partition coefficient (Wildman–Crippen LogP) is 2.61. The monoisotopic (exact) mass is 235 g/mol. The fraction of sp³-hybridized carbons (Fsp3) is 0.250. The van der Waals surface area contributed by atoms with Crippen LogP contribution in [0.3, 0.4) is 0 Å². The molecule has 2 N–H and O–H groups in total. The molecule has 1 heterocycles. The van der Waals surface area contributed by atoms with Gasteiger partial charge in [-0.25, -0.2) is 4.98 Å².